The fourth-order valence-corrected chi connectivity index (χ4v) is 4.74. The van der Waals surface area contributed by atoms with E-state index in [-0.39, 0.29) is 5.82 Å². The molecule has 0 spiro atoms. The molecule has 1 aromatic rings. The predicted octanol–water partition coefficient (Wildman–Crippen LogP) is 1.17. The summed E-state index contributed by atoms with van der Waals surface area (Å²) >= 11 is 1.54. The van der Waals surface area contributed by atoms with Crippen molar-refractivity contribution in [1.29, 1.82) is 0 Å². The van der Waals surface area contributed by atoms with Gasteiger partial charge < -0.3 is 10.6 Å². The summed E-state index contributed by atoms with van der Waals surface area (Å²) in [5.41, 5.74) is 6.43. The number of aliphatic imine (C=N–C) groups is 1. The van der Waals surface area contributed by atoms with E-state index in [0.29, 0.717) is 24.2 Å². The molecule has 8 heteroatoms. The molecule has 122 valence electrons. The SMILES string of the molecule is CCn1c(N)c(C2=CSC3=N[C@@H]4CCCC[C@@H]4N23)c(=O)[nH]c1=O. The van der Waals surface area contributed by atoms with Gasteiger partial charge in [0.15, 0.2) is 5.17 Å². The van der Waals surface area contributed by atoms with Gasteiger partial charge in [0.05, 0.1) is 17.8 Å². The van der Waals surface area contributed by atoms with E-state index in [9.17, 15) is 9.59 Å². The highest BCUT2D eigenvalue weighted by molar-refractivity contribution is 8.16. The summed E-state index contributed by atoms with van der Waals surface area (Å²) in [6, 6.07) is 0.619. The maximum atomic E-state index is 12.4. The van der Waals surface area contributed by atoms with E-state index >= 15 is 0 Å². The molecule has 1 fully saturated rings. The van der Waals surface area contributed by atoms with Gasteiger partial charge in [0.1, 0.15) is 11.4 Å². The third kappa shape index (κ3) is 2.08. The van der Waals surface area contributed by atoms with Gasteiger partial charge in [0.25, 0.3) is 5.56 Å². The van der Waals surface area contributed by atoms with Crippen molar-refractivity contribution in [2.75, 3.05) is 5.73 Å². The summed E-state index contributed by atoms with van der Waals surface area (Å²) in [5, 5.41) is 2.87. The number of hydrogen-bond donors (Lipinski definition) is 2. The van der Waals surface area contributed by atoms with Gasteiger partial charge in [0, 0.05) is 12.0 Å². The maximum absolute atomic E-state index is 12.4. The zero-order valence-corrected chi connectivity index (χ0v) is 13.7. The fourth-order valence-electron chi connectivity index (χ4n) is 3.75. The van der Waals surface area contributed by atoms with Crippen LogP contribution in [0.5, 0.6) is 0 Å². The minimum atomic E-state index is -0.462. The lowest BCUT2D eigenvalue weighted by Gasteiger charge is -2.32. The van der Waals surface area contributed by atoms with E-state index in [4.69, 9.17) is 10.7 Å². The number of thioether (sulfide) groups is 1. The molecular weight excluding hydrogens is 314 g/mol. The van der Waals surface area contributed by atoms with E-state index in [0.717, 1.165) is 23.7 Å². The van der Waals surface area contributed by atoms with Crippen LogP contribution in [-0.4, -0.2) is 31.7 Å². The Kier molecular flexibility index (Phi) is 3.37. The number of nitrogens with one attached hydrogen (secondary N) is 1. The van der Waals surface area contributed by atoms with Crippen LogP contribution in [0.4, 0.5) is 5.82 Å². The van der Waals surface area contributed by atoms with Crippen LogP contribution in [0.2, 0.25) is 0 Å². The second-order valence-corrected chi connectivity index (χ2v) is 6.92. The molecule has 4 rings (SSSR count). The summed E-state index contributed by atoms with van der Waals surface area (Å²) in [6.45, 7) is 2.25. The van der Waals surface area contributed by atoms with E-state index < -0.39 is 11.2 Å². The van der Waals surface area contributed by atoms with Crippen molar-refractivity contribution in [3.05, 3.63) is 31.8 Å². The highest BCUT2D eigenvalue weighted by Gasteiger charge is 2.43. The van der Waals surface area contributed by atoms with E-state index in [1.165, 1.54) is 29.2 Å². The zero-order valence-electron chi connectivity index (χ0n) is 12.9. The monoisotopic (exact) mass is 333 g/mol. The molecule has 3 N–H and O–H groups in total. The number of nitrogen functional groups attached to an aromatic ring is 1. The Morgan fingerprint density at radius 1 is 1.39 bits per heavy atom. The molecule has 1 aromatic heterocycles. The standard InChI is InChI=1S/C15H19N5O2S/c1-2-19-12(16)11(13(21)18-14(19)22)10-7-23-15-17-8-5-3-4-6-9(8)20(10)15/h7-9H,2-6,16H2,1H3,(H,18,21,22)/t8-,9+/m1/s1. The minimum absolute atomic E-state index is 0.230. The molecule has 2 aliphatic heterocycles. The van der Waals surface area contributed by atoms with Gasteiger partial charge in [-0.1, -0.05) is 24.6 Å². The number of fused-ring (bicyclic) bond motifs is 3. The third-order valence-electron chi connectivity index (χ3n) is 4.86. The number of hydrogen-bond acceptors (Lipinski definition) is 6. The first-order chi connectivity index (χ1) is 11.1. The van der Waals surface area contributed by atoms with Crippen LogP contribution in [0.3, 0.4) is 0 Å². The Morgan fingerprint density at radius 2 is 2.17 bits per heavy atom. The Labute approximate surface area is 137 Å². The van der Waals surface area contributed by atoms with Crippen LogP contribution >= 0.6 is 11.8 Å². The smallest absolute Gasteiger partial charge is 0.329 e. The number of amidine groups is 1. The molecule has 3 aliphatic rings. The van der Waals surface area contributed by atoms with Gasteiger partial charge in [-0.3, -0.25) is 19.3 Å². The van der Waals surface area contributed by atoms with Crippen molar-refractivity contribution in [1.82, 2.24) is 14.5 Å². The Morgan fingerprint density at radius 3 is 2.96 bits per heavy atom. The fraction of sp³-hybridized carbons (Fsp3) is 0.533. The van der Waals surface area contributed by atoms with E-state index in [1.54, 1.807) is 0 Å². The van der Waals surface area contributed by atoms with Crippen molar-refractivity contribution in [3.63, 3.8) is 0 Å². The van der Waals surface area contributed by atoms with Crippen LogP contribution in [0, 0.1) is 0 Å². The average molecular weight is 333 g/mol. The molecule has 0 saturated heterocycles. The first-order valence-corrected chi connectivity index (χ1v) is 8.86. The molecule has 7 nitrogen and oxygen atoms in total. The summed E-state index contributed by atoms with van der Waals surface area (Å²) < 4.78 is 1.39. The molecule has 0 bridgehead atoms. The number of aromatic nitrogens is 2. The van der Waals surface area contributed by atoms with Crippen molar-refractivity contribution < 1.29 is 0 Å². The highest BCUT2D eigenvalue weighted by atomic mass is 32.2. The van der Waals surface area contributed by atoms with Crippen molar-refractivity contribution in [2.45, 2.75) is 51.2 Å². The quantitative estimate of drug-likeness (QED) is 0.847. The summed E-state index contributed by atoms with van der Waals surface area (Å²) in [7, 11) is 0. The average Bonchev–Trinajstić information content (AvgIpc) is 3.07. The van der Waals surface area contributed by atoms with Crippen LogP contribution < -0.4 is 17.0 Å². The van der Waals surface area contributed by atoms with Gasteiger partial charge in [-0.05, 0) is 19.8 Å². The topological polar surface area (TPSA) is 96.5 Å². The molecule has 0 amide bonds. The molecule has 23 heavy (non-hydrogen) atoms. The van der Waals surface area contributed by atoms with E-state index in [2.05, 4.69) is 9.88 Å². The highest BCUT2D eigenvalue weighted by Crippen LogP contribution is 2.44. The molecule has 0 radical (unpaired) electrons. The zero-order chi connectivity index (χ0) is 16.1. The molecule has 1 saturated carbocycles. The summed E-state index contributed by atoms with van der Waals surface area (Å²) in [4.78, 5) is 33.6. The molecule has 0 unspecified atom stereocenters. The minimum Gasteiger partial charge on any atom is -0.384 e. The Balaban J connectivity index is 1.82. The second-order valence-electron chi connectivity index (χ2n) is 6.09. The summed E-state index contributed by atoms with van der Waals surface area (Å²) in [6.07, 6.45) is 4.55. The third-order valence-corrected chi connectivity index (χ3v) is 5.71. The largest absolute Gasteiger partial charge is 0.384 e. The normalized spacial score (nSPS) is 25.9. The molecule has 3 heterocycles. The first-order valence-electron chi connectivity index (χ1n) is 7.98. The lowest BCUT2D eigenvalue weighted by atomic mass is 9.90. The van der Waals surface area contributed by atoms with Crippen molar-refractivity contribution >= 4 is 28.4 Å². The van der Waals surface area contributed by atoms with Crippen LogP contribution in [0.25, 0.3) is 5.70 Å². The van der Waals surface area contributed by atoms with Crippen LogP contribution in [0.15, 0.2) is 20.0 Å². The summed E-state index contributed by atoms with van der Waals surface area (Å²) in [5.74, 6) is 0.230. The maximum Gasteiger partial charge on any atom is 0.329 e. The molecule has 1 aliphatic carbocycles. The predicted molar refractivity (Wildman–Crippen MR) is 92.3 cm³/mol. The van der Waals surface area contributed by atoms with Gasteiger partial charge in [-0.25, -0.2) is 4.79 Å². The van der Waals surface area contributed by atoms with Crippen molar-refractivity contribution in [2.24, 2.45) is 4.99 Å². The Bertz CT molecular complexity index is 837. The van der Waals surface area contributed by atoms with Crippen LogP contribution in [-0.2, 0) is 6.54 Å². The number of nitrogens with two attached hydrogens (primary N) is 1. The molecule has 2 atom stereocenters. The van der Waals surface area contributed by atoms with Gasteiger partial charge >= 0.3 is 5.69 Å². The van der Waals surface area contributed by atoms with Gasteiger partial charge in [-0.2, -0.15) is 0 Å². The number of H-pyrrole nitrogens is 1. The van der Waals surface area contributed by atoms with Crippen LogP contribution in [0.1, 0.15) is 38.2 Å². The van der Waals surface area contributed by atoms with Gasteiger partial charge in [-0.15, -0.1) is 0 Å². The number of aromatic amines is 1. The molecule has 0 aromatic carbocycles. The lowest BCUT2D eigenvalue weighted by Crippen LogP contribution is -2.41. The lowest BCUT2D eigenvalue weighted by molar-refractivity contribution is 0.305. The van der Waals surface area contributed by atoms with Gasteiger partial charge in [0.2, 0.25) is 0 Å². The van der Waals surface area contributed by atoms with Crippen molar-refractivity contribution in [3.8, 4) is 0 Å². The Hall–Kier alpha value is -1.96. The second kappa shape index (κ2) is 5.30. The number of rotatable bonds is 2. The van der Waals surface area contributed by atoms with E-state index in [1.807, 2.05) is 12.3 Å². The number of anilines is 1. The first kappa shape index (κ1) is 14.6. The molecular formula is C15H19N5O2S. The number of nitrogens with zero attached hydrogens (tertiary/aromatic N) is 3.